The number of aliphatic imine (C=N–C) groups is 1. The number of guanidine groups is 1. The van der Waals surface area contributed by atoms with Gasteiger partial charge in [-0.1, -0.05) is 12.1 Å². The zero-order valence-corrected chi connectivity index (χ0v) is 13.9. The minimum Gasteiger partial charge on any atom is -0.497 e. The van der Waals surface area contributed by atoms with Crippen molar-refractivity contribution < 1.29 is 4.74 Å². The number of ether oxygens (including phenoxy) is 1. The second-order valence-electron chi connectivity index (χ2n) is 4.87. The molecule has 0 aromatic heterocycles. The lowest BCUT2D eigenvalue weighted by Gasteiger charge is -2.09. The largest absolute Gasteiger partial charge is 0.497 e. The maximum atomic E-state index is 5.95. The quantitative estimate of drug-likeness (QED) is 0.502. The van der Waals surface area contributed by atoms with E-state index in [9.17, 15) is 0 Å². The Morgan fingerprint density at radius 2 is 1.95 bits per heavy atom. The summed E-state index contributed by atoms with van der Waals surface area (Å²) in [6.07, 6.45) is 2.07. The van der Waals surface area contributed by atoms with Gasteiger partial charge >= 0.3 is 0 Å². The molecule has 0 radical (unpaired) electrons. The molecular weight excluding hydrogens is 294 g/mol. The Hall–Kier alpha value is -2.14. The van der Waals surface area contributed by atoms with Gasteiger partial charge in [-0.15, -0.1) is 11.8 Å². The second-order valence-corrected chi connectivity index (χ2v) is 5.72. The molecule has 0 fully saturated rings. The molecule has 0 aliphatic heterocycles. The Balaban J connectivity index is 2.03. The highest BCUT2D eigenvalue weighted by Gasteiger charge is 2.02. The maximum absolute atomic E-state index is 5.95. The number of thioether (sulfide) groups is 1. The molecule has 4 nitrogen and oxygen atoms in total. The molecule has 0 amide bonds. The number of methoxy groups -OCH3 is 1. The van der Waals surface area contributed by atoms with E-state index in [1.807, 2.05) is 24.3 Å². The van der Waals surface area contributed by atoms with Gasteiger partial charge in [0.2, 0.25) is 0 Å². The fraction of sp³-hybridized carbons (Fsp3) is 0.235. The molecule has 22 heavy (non-hydrogen) atoms. The molecule has 0 aliphatic rings. The zero-order chi connectivity index (χ0) is 15.9. The van der Waals surface area contributed by atoms with Crippen LogP contribution in [0.15, 0.2) is 52.4 Å². The van der Waals surface area contributed by atoms with Crippen molar-refractivity contribution in [1.29, 1.82) is 0 Å². The predicted molar refractivity (Wildman–Crippen MR) is 94.9 cm³/mol. The third-order valence-electron chi connectivity index (χ3n) is 3.22. The van der Waals surface area contributed by atoms with Crippen molar-refractivity contribution in [3.63, 3.8) is 0 Å². The first-order chi connectivity index (χ1) is 10.6. The molecule has 0 bridgehead atoms. The third-order valence-corrected chi connectivity index (χ3v) is 4.04. The summed E-state index contributed by atoms with van der Waals surface area (Å²) < 4.78 is 5.12. The van der Waals surface area contributed by atoms with Crippen molar-refractivity contribution in [2.45, 2.75) is 18.4 Å². The molecule has 0 heterocycles. The fourth-order valence-electron chi connectivity index (χ4n) is 2.01. The van der Waals surface area contributed by atoms with E-state index in [0.717, 1.165) is 11.4 Å². The van der Waals surface area contributed by atoms with Crippen LogP contribution in [0.4, 0.5) is 5.69 Å². The average molecular weight is 315 g/mol. The van der Waals surface area contributed by atoms with Crippen LogP contribution in [0.1, 0.15) is 11.1 Å². The standard InChI is InChI=1S/C17H21N3OS/c1-12-4-5-13(16(10-12)22-3)11-19-17(18)20-14-6-8-15(21-2)9-7-14/h4-10H,11H2,1-3H3,(H3,18,19,20). The molecule has 3 N–H and O–H groups in total. The molecule has 0 aliphatic carbocycles. The number of hydrogen-bond acceptors (Lipinski definition) is 3. The summed E-state index contributed by atoms with van der Waals surface area (Å²) in [5, 5.41) is 3.08. The third kappa shape index (κ3) is 4.43. The molecule has 0 unspecified atom stereocenters. The van der Waals surface area contributed by atoms with Gasteiger partial charge in [-0.05, 0) is 54.6 Å². The highest BCUT2D eigenvalue weighted by molar-refractivity contribution is 7.98. The fourth-order valence-corrected chi connectivity index (χ4v) is 2.71. The molecule has 0 saturated heterocycles. The first-order valence-corrected chi connectivity index (χ1v) is 8.19. The number of anilines is 1. The van der Waals surface area contributed by atoms with Crippen LogP contribution in [-0.4, -0.2) is 19.3 Å². The van der Waals surface area contributed by atoms with E-state index in [4.69, 9.17) is 10.5 Å². The van der Waals surface area contributed by atoms with Crippen LogP contribution >= 0.6 is 11.8 Å². The van der Waals surface area contributed by atoms with E-state index >= 15 is 0 Å². The zero-order valence-electron chi connectivity index (χ0n) is 13.1. The molecule has 2 rings (SSSR count). The van der Waals surface area contributed by atoms with Crippen molar-refractivity contribution in [3.8, 4) is 5.75 Å². The van der Waals surface area contributed by atoms with Crippen LogP contribution < -0.4 is 15.8 Å². The number of aryl methyl sites for hydroxylation is 1. The summed E-state index contributed by atoms with van der Waals surface area (Å²) in [6, 6.07) is 13.9. The normalized spacial score (nSPS) is 11.3. The SMILES string of the molecule is COc1ccc(NC(N)=NCc2ccc(C)cc2SC)cc1. The molecule has 5 heteroatoms. The number of nitrogens with two attached hydrogens (primary N) is 1. The summed E-state index contributed by atoms with van der Waals surface area (Å²) in [5.41, 5.74) is 9.26. The average Bonchev–Trinajstić information content (AvgIpc) is 2.54. The van der Waals surface area contributed by atoms with Crippen molar-refractivity contribution in [2.75, 3.05) is 18.7 Å². The minimum atomic E-state index is 0.401. The van der Waals surface area contributed by atoms with Crippen LogP contribution in [-0.2, 0) is 6.54 Å². The van der Waals surface area contributed by atoms with E-state index in [1.165, 1.54) is 16.0 Å². The van der Waals surface area contributed by atoms with Gasteiger partial charge in [0.15, 0.2) is 5.96 Å². The van der Waals surface area contributed by atoms with Crippen molar-refractivity contribution in [1.82, 2.24) is 0 Å². The van der Waals surface area contributed by atoms with E-state index in [0.29, 0.717) is 12.5 Å². The number of hydrogen-bond donors (Lipinski definition) is 2. The van der Waals surface area contributed by atoms with Gasteiger partial charge in [0.1, 0.15) is 5.75 Å². The lowest BCUT2D eigenvalue weighted by molar-refractivity contribution is 0.415. The Labute approximate surface area is 135 Å². The lowest BCUT2D eigenvalue weighted by Crippen LogP contribution is -2.22. The Kier molecular flexibility index (Phi) is 5.72. The van der Waals surface area contributed by atoms with E-state index in [-0.39, 0.29) is 0 Å². The van der Waals surface area contributed by atoms with Crippen molar-refractivity contribution >= 4 is 23.4 Å². The van der Waals surface area contributed by atoms with E-state index in [1.54, 1.807) is 18.9 Å². The summed E-state index contributed by atoms with van der Waals surface area (Å²) in [7, 11) is 1.64. The van der Waals surface area contributed by atoms with Crippen molar-refractivity contribution in [3.05, 3.63) is 53.6 Å². The van der Waals surface area contributed by atoms with Gasteiger partial charge in [0.05, 0.1) is 13.7 Å². The first kappa shape index (κ1) is 16.2. The van der Waals surface area contributed by atoms with Gasteiger partial charge in [-0.25, -0.2) is 4.99 Å². The van der Waals surface area contributed by atoms with Gasteiger partial charge < -0.3 is 15.8 Å². The summed E-state index contributed by atoms with van der Waals surface area (Å²) in [5.74, 6) is 1.21. The highest BCUT2D eigenvalue weighted by atomic mass is 32.2. The Morgan fingerprint density at radius 3 is 2.59 bits per heavy atom. The Bertz CT molecular complexity index is 653. The maximum Gasteiger partial charge on any atom is 0.193 e. The molecule has 116 valence electrons. The Morgan fingerprint density at radius 1 is 1.23 bits per heavy atom. The number of nitrogens with zero attached hydrogens (tertiary/aromatic N) is 1. The van der Waals surface area contributed by atoms with Crippen LogP contribution in [0, 0.1) is 6.92 Å². The van der Waals surface area contributed by atoms with Crippen LogP contribution in [0.25, 0.3) is 0 Å². The molecule has 0 spiro atoms. The molecule has 2 aromatic rings. The lowest BCUT2D eigenvalue weighted by atomic mass is 10.1. The highest BCUT2D eigenvalue weighted by Crippen LogP contribution is 2.22. The molecular formula is C17H21N3OS. The van der Waals surface area contributed by atoms with Crippen LogP contribution in [0.3, 0.4) is 0 Å². The summed E-state index contributed by atoms with van der Waals surface area (Å²) >= 11 is 1.72. The van der Waals surface area contributed by atoms with Crippen LogP contribution in [0.2, 0.25) is 0 Å². The number of nitrogens with one attached hydrogen (secondary N) is 1. The predicted octanol–water partition coefficient (Wildman–Crippen LogP) is 3.65. The monoisotopic (exact) mass is 315 g/mol. The first-order valence-electron chi connectivity index (χ1n) is 6.97. The molecule has 0 atom stereocenters. The number of benzene rings is 2. The second kappa shape index (κ2) is 7.75. The number of rotatable bonds is 5. The summed E-state index contributed by atoms with van der Waals surface area (Å²) in [4.78, 5) is 5.65. The molecule has 0 saturated carbocycles. The van der Waals surface area contributed by atoms with Crippen LogP contribution in [0.5, 0.6) is 5.75 Å². The topological polar surface area (TPSA) is 59.6 Å². The van der Waals surface area contributed by atoms with Gasteiger partial charge in [-0.2, -0.15) is 0 Å². The van der Waals surface area contributed by atoms with Gasteiger partial charge in [0, 0.05) is 10.6 Å². The van der Waals surface area contributed by atoms with E-state index < -0.39 is 0 Å². The molecule has 2 aromatic carbocycles. The minimum absolute atomic E-state index is 0.401. The smallest absolute Gasteiger partial charge is 0.193 e. The van der Waals surface area contributed by atoms with Gasteiger partial charge in [0.25, 0.3) is 0 Å². The summed E-state index contributed by atoms with van der Waals surface area (Å²) in [6.45, 7) is 2.65. The van der Waals surface area contributed by atoms with E-state index in [2.05, 4.69) is 41.7 Å². The van der Waals surface area contributed by atoms with Crippen molar-refractivity contribution in [2.24, 2.45) is 10.7 Å². The van der Waals surface area contributed by atoms with Gasteiger partial charge in [-0.3, -0.25) is 0 Å².